The lowest BCUT2D eigenvalue weighted by Crippen LogP contribution is -2.21. The Labute approximate surface area is 211 Å². The van der Waals surface area contributed by atoms with E-state index in [9.17, 15) is 4.79 Å². The van der Waals surface area contributed by atoms with Crippen LogP contribution in [0, 0.1) is 6.92 Å². The normalized spacial score (nSPS) is 11.3. The summed E-state index contributed by atoms with van der Waals surface area (Å²) in [6.07, 6.45) is 5.67. The van der Waals surface area contributed by atoms with Crippen molar-refractivity contribution in [1.29, 1.82) is 0 Å². The fourth-order valence-electron chi connectivity index (χ4n) is 4.15. The summed E-state index contributed by atoms with van der Waals surface area (Å²) in [4.78, 5) is 20.7. The van der Waals surface area contributed by atoms with Crippen molar-refractivity contribution >= 4 is 12.0 Å². The first-order chi connectivity index (χ1) is 17.6. The summed E-state index contributed by atoms with van der Waals surface area (Å²) in [7, 11) is 1.63. The minimum absolute atomic E-state index is 0.433. The average Bonchev–Trinajstić information content (AvgIpc) is 2.91. The van der Waals surface area contributed by atoms with E-state index >= 15 is 0 Å². The Morgan fingerprint density at radius 2 is 1.81 bits per heavy atom. The summed E-state index contributed by atoms with van der Waals surface area (Å²) in [6, 6.07) is 24.4. The fraction of sp³-hybridized carbons (Fsp3) is 0.167. The lowest BCUT2D eigenvalue weighted by molar-refractivity contribution is -0.114. The molecule has 3 N–H and O–H groups in total. The Kier molecular flexibility index (Phi) is 8.21. The Morgan fingerprint density at radius 3 is 2.53 bits per heavy atom. The van der Waals surface area contributed by atoms with Gasteiger partial charge in [0.15, 0.2) is 0 Å². The van der Waals surface area contributed by atoms with Crippen molar-refractivity contribution in [1.82, 2.24) is 15.3 Å². The van der Waals surface area contributed by atoms with E-state index in [0.29, 0.717) is 31.0 Å². The van der Waals surface area contributed by atoms with Crippen molar-refractivity contribution in [3.63, 3.8) is 0 Å². The smallest absolute Gasteiger partial charge is 0.244 e. The minimum Gasteiger partial charge on any atom is -0.481 e. The van der Waals surface area contributed by atoms with Crippen LogP contribution in [0.3, 0.4) is 0 Å². The lowest BCUT2D eigenvalue weighted by atomic mass is 9.94. The topological polar surface area (TPSA) is 90.1 Å². The highest BCUT2D eigenvalue weighted by Crippen LogP contribution is 2.32. The fourth-order valence-corrected chi connectivity index (χ4v) is 4.15. The molecular weight excluding hydrogens is 448 g/mol. The Hall–Kier alpha value is -4.29. The highest BCUT2D eigenvalue weighted by molar-refractivity contribution is 5.96. The van der Waals surface area contributed by atoms with Crippen LogP contribution in [-0.4, -0.2) is 29.5 Å². The van der Waals surface area contributed by atoms with Gasteiger partial charge in [-0.1, -0.05) is 60.7 Å². The van der Waals surface area contributed by atoms with Gasteiger partial charge in [0.1, 0.15) is 0 Å². The number of carbonyl (C=O) groups is 1. The molecule has 0 aliphatic heterocycles. The molecule has 2 aromatic carbocycles. The lowest BCUT2D eigenvalue weighted by Gasteiger charge is -2.14. The van der Waals surface area contributed by atoms with E-state index in [1.165, 1.54) is 16.7 Å². The van der Waals surface area contributed by atoms with E-state index in [4.69, 9.17) is 15.5 Å². The van der Waals surface area contributed by atoms with E-state index < -0.39 is 5.91 Å². The number of carbonyl (C=O) groups excluding carboxylic acids is 1. The van der Waals surface area contributed by atoms with Crippen LogP contribution in [0.2, 0.25) is 0 Å². The maximum atomic E-state index is 11.9. The molecule has 1 amide bonds. The van der Waals surface area contributed by atoms with Gasteiger partial charge in [-0.3, -0.25) is 9.78 Å². The second kappa shape index (κ2) is 11.9. The number of primary amides is 1. The number of methoxy groups -OCH3 is 1. The van der Waals surface area contributed by atoms with Gasteiger partial charge in [0, 0.05) is 35.6 Å². The molecule has 182 valence electrons. The number of hydrogen-bond donors (Lipinski definition) is 2. The number of nitrogens with one attached hydrogen (secondary N) is 1. The third-order valence-electron chi connectivity index (χ3n) is 6.06. The van der Waals surface area contributed by atoms with Gasteiger partial charge < -0.3 is 15.8 Å². The Morgan fingerprint density at radius 1 is 1.00 bits per heavy atom. The molecule has 0 saturated heterocycles. The first-order valence-corrected chi connectivity index (χ1v) is 11.9. The molecule has 0 unspecified atom stereocenters. The largest absolute Gasteiger partial charge is 0.481 e. The third-order valence-corrected chi connectivity index (χ3v) is 6.06. The molecule has 0 atom stereocenters. The maximum Gasteiger partial charge on any atom is 0.244 e. The SMILES string of the molecule is COc1nc(-c2cccc(-c3ccccc3)c2C)ccc1CNCCC(=Cc1cccnc1)C(N)=O. The van der Waals surface area contributed by atoms with Crippen molar-refractivity contribution in [3.05, 3.63) is 107 Å². The average molecular weight is 479 g/mol. The first-order valence-electron chi connectivity index (χ1n) is 11.9. The molecule has 0 bridgehead atoms. The summed E-state index contributed by atoms with van der Waals surface area (Å²) in [5, 5.41) is 3.36. The van der Waals surface area contributed by atoms with E-state index in [0.717, 1.165) is 22.4 Å². The minimum atomic E-state index is -0.433. The van der Waals surface area contributed by atoms with Crippen molar-refractivity contribution in [3.8, 4) is 28.3 Å². The van der Waals surface area contributed by atoms with Crippen molar-refractivity contribution in [2.75, 3.05) is 13.7 Å². The second-order valence-corrected chi connectivity index (χ2v) is 8.46. The Balaban J connectivity index is 1.46. The Bertz CT molecular complexity index is 1350. The molecular formula is C30H30N4O2. The highest BCUT2D eigenvalue weighted by Gasteiger charge is 2.13. The predicted molar refractivity (Wildman–Crippen MR) is 144 cm³/mol. The molecule has 0 aliphatic rings. The summed E-state index contributed by atoms with van der Waals surface area (Å²) < 4.78 is 5.61. The molecule has 2 aromatic heterocycles. The molecule has 2 heterocycles. The van der Waals surface area contributed by atoms with Gasteiger partial charge in [-0.25, -0.2) is 4.98 Å². The van der Waals surface area contributed by atoms with Crippen molar-refractivity contribution < 1.29 is 9.53 Å². The zero-order valence-corrected chi connectivity index (χ0v) is 20.6. The van der Waals surface area contributed by atoms with Crippen LogP contribution in [-0.2, 0) is 11.3 Å². The van der Waals surface area contributed by atoms with Crippen LogP contribution in [0.4, 0.5) is 0 Å². The number of amides is 1. The number of pyridine rings is 2. The molecule has 36 heavy (non-hydrogen) atoms. The quantitative estimate of drug-likeness (QED) is 0.242. The van der Waals surface area contributed by atoms with Crippen LogP contribution in [0.5, 0.6) is 5.88 Å². The standard InChI is InChI=1S/C30H30N4O2/c1-21-26(23-9-4-3-5-10-23)11-6-12-27(21)28-14-13-25(30(34-28)36-2)20-33-17-15-24(29(31)35)18-22-8-7-16-32-19-22/h3-14,16,18-19,33H,15,17,20H2,1-2H3,(H2,31,35). The molecule has 0 aliphatic carbocycles. The second-order valence-electron chi connectivity index (χ2n) is 8.46. The summed E-state index contributed by atoms with van der Waals surface area (Å²) in [6.45, 7) is 3.26. The molecule has 6 nitrogen and oxygen atoms in total. The highest BCUT2D eigenvalue weighted by atomic mass is 16.5. The predicted octanol–water partition coefficient (Wildman–Crippen LogP) is 5.18. The molecule has 4 aromatic rings. The van der Waals surface area contributed by atoms with E-state index in [2.05, 4.69) is 47.6 Å². The van der Waals surface area contributed by atoms with Gasteiger partial charge in [0.05, 0.1) is 12.8 Å². The summed E-state index contributed by atoms with van der Waals surface area (Å²) in [5.74, 6) is 0.142. The number of aromatic nitrogens is 2. The van der Waals surface area contributed by atoms with Gasteiger partial charge in [0.2, 0.25) is 11.8 Å². The number of nitrogens with two attached hydrogens (primary N) is 1. The number of rotatable bonds is 10. The van der Waals surface area contributed by atoms with Crippen LogP contribution in [0.25, 0.3) is 28.5 Å². The van der Waals surface area contributed by atoms with E-state index in [-0.39, 0.29) is 0 Å². The molecule has 6 heteroatoms. The number of ether oxygens (including phenoxy) is 1. The zero-order valence-electron chi connectivity index (χ0n) is 20.6. The van der Waals surface area contributed by atoms with Gasteiger partial charge in [-0.05, 0) is 60.4 Å². The van der Waals surface area contributed by atoms with Crippen molar-refractivity contribution in [2.24, 2.45) is 5.73 Å². The third kappa shape index (κ3) is 6.03. The maximum absolute atomic E-state index is 11.9. The van der Waals surface area contributed by atoms with Gasteiger partial charge in [0.25, 0.3) is 0 Å². The van der Waals surface area contributed by atoms with Gasteiger partial charge in [-0.2, -0.15) is 0 Å². The number of benzene rings is 2. The molecule has 0 saturated carbocycles. The molecule has 4 rings (SSSR count). The molecule has 0 fully saturated rings. The summed E-state index contributed by atoms with van der Waals surface area (Å²) in [5.41, 5.74) is 13.4. The van der Waals surface area contributed by atoms with Crippen LogP contribution in [0.1, 0.15) is 23.1 Å². The van der Waals surface area contributed by atoms with Gasteiger partial charge >= 0.3 is 0 Å². The van der Waals surface area contributed by atoms with Gasteiger partial charge in [-0.15, -0.1) is 0 Å². The van der Waals surface area contributed by atoms with Crippen LogP contribution in [0.15, 0.2) is 90.8 Å². The first kappa shape index (κ1) is 24.8. The zero-order chi connectivity index (χ0) is 25.3. The molecule has 0 spiro atoms. The van der Waals surface area contributed by atoms with Crippen molar-refractivity contribution in [2.45, 2.75) is 19.9 Å². The monoisotopic (exact) mass is 478 g/mol. The summed E-state index contributed by atoms with van der Waals surface area (Å²) >= 11 is 0. The van der Waals surface area contributed by atoms with Crippen LogP contribution < -0.4 is 15.8 Å². The number of hydrogen-bond acceptors (Lipinski definition) is 5. The number of nitrogens with zero attached hydrogens (tertiary/aromatic N) is 2. The van der Waals surface area contributed by atoms with E-state index in [1.807, 2.05) is 42.5 Å². The molecule has 0 radical (unpaired) electrons. The van der Waals surface area contributed by atoms with Crippen LogP contribution >= 0.6 is 0 Å². The van der Waals surface area contributed by atoms with E-state index in [1.54, 1.807) is 25.6 Å².